The van der Waals surface area contributed by atoms with Crippen molar-refractivity contribution < 1.29 is 9.53 Å². The lowest BCUT2D eigenvalue weighted by Crippen LogP contribution is -2.21. The predicted octanol–water partition coefficient (Wildman–Crippen LogP) is 2.55. The molecule has 0 fully saturated rings. The van der Waals surface area contributed by atoms with Gasteiger partial charge in [0.25, 0.3) is 0 Å². The number of esters is 1. The molecule has 0 spiro atoms. The van der Waals surface area contributed by atoms with Crippen LogP contribution in [0.4, 0.5) is 0 Å². The smallest absolute Gasteiger partial charge is 0.307 e. The lowest BCUT2D eigenvalue weighted by molar-refractivity contribution is -0.143. The highest BCUT2D eigenvalue weighted by atomic mass is 35.5. The third-order valence-electron chi connectivity index (χ3n) is 2.28. The molecular formula is C12H16ClNO2. The van der Waals surface area contributed by atoms with Gasteiger partial charge in [-0.15, -0.1) is 0 Å². The van der Waals surface area contributed by atoms with Crippen molar-refractivity contribution in [3.05, 3.63) is 34.9 Å². The van der Waals surface area contributed by atoms with Gasteiger partial charge in [0.05, 0.1) is 13.0 Å². The number of benzene rings is 1. The van der Waals surface area contributed by atoms with Crippen molar-refractivity contribution in [3.63, 3.8) is 0 Å². The molecule has 0 unspecified atom stereocenters. The third kappa shape index (κ3) is 3.83. The zero-order valence-electron chi connectivity index (χ0n) is 9.50. The fraction of sp³-hybridized carbons (Fsp3) is 0.417. The summed E-state index contributed by atoms with van der Waals surface area (Å²) < 4.78 is 4.91. The van der Waals surface area contributed by atoms with Gasteiger partial charge in [0.1, 0.15) is 0 Å². The largest absolute Gasteiger partial charge is 0.466 e. The summed E-state index contributed by atoms with van der Waals surface area (Å²) in [6, 6.07) is 7.40. The lowest BCUT2D eigenvalue weighted by Gasteiger charge is -2.15. The van der Waals surface area contributed by atoms with Crippen LogP contribution in [0, 0.1) is 0 Å². The Morgan fingerprint density at radius 2 is 2.31 bits per heavy atom. The molecule has 1 N–H and O–H groups in total. The molecule has 1 aromatic rings. The van der Waals surface area contributed by atoms with Crippen molar-refractivity contribution in [2.45, 2.75) is 19.4 Å². The molecule has 0 amide bonds. The standard InChI is InChI=1S/C12H16ClNO2/c1-3-16-12(15)8-11(14-2)9-5-4-6-10(13)7-9/h4-7,11,14H,3,8H2,1-2H3/t11-/m0/s1. The van der Waals surface area contributed by atoms with Crippen LogP contribution in [0.5, 0.6) is 0 Å². The van der Waals surface area contributed by atoms with Gasteiger partial charge in [-0.25, -0.2) is 0 Å². The number of carbonyl (C=O) groups is 1. The molecule has 0 bridgehead atoms. The fourth-order valence-electron chi connectivity index (χ4n) is 1.50. The Labute approximate surface area is 101 Å². The maximum atomic E-state index is 11.4. The van der Waals surface area contributed by atoms with Crippen LogP contribution in [-0.4, -0.2) is 19.6 Å². The molecule has 16 heavy (non-hydrogen) atoms. The van der Waals surface area contributed by atoms with Crippen molar-refractivity contribution in [2.24, 2.45) is 0 Å². The molecule has 0 radical (unpaired) electrons. The molecule has 0 heterocycles. The van der Waals surface area contributed by atoms with Gasteiger partial charge in [-0.2, -0.15) is 0 Å². The van der Waals surface area contributed by atoms with E-state index >= 15 is 0 Å². The van der Waals surface area contributed by atoms with Crippen molar-refractivity contribution >= 4 is 17.6 Å². The first-order chi connectivity index (χ1) is 7.67. The normalized spacial score (nSPS) is 12.2. The average Bonchev–Trinajstić information content (AvgIpc) is 2.26. The van der Waals surface area contributed by atoms with Crippen LogP contribution in [0.1, 0.15) is 24.9 Å². The summed E-state index contributed by atoms with van der Waals surface area (Å²) >= 11 is 5.90. The Morgan fingerprint density at radius 1 is 1.56 bits per heavy atom. The van der Waals surface area contributed by atoms with Crippen LogP contribution >= 0.6 is 11.6 Å². The van der Waals surface area contributed by atoms with E-state index in [9.17, 15) is 4.79 Å². The van der Waals surface area contributed by atoms with Crippen molar-refractivity contribution in [1.82, 2.24) is 5.32 Å². The number of halogens is 1. The summed E-state index contributed by atoms with van der Waals surface area (Å²) in [5.74, 6) is -0.207. The van der Waals surface area contributed by atoms with E-state index < -0.39 is 0 Å². The van der Waals surface area contributed by atoms with Gasteiger partial charge in [0.2, 0.25) is 0 Å². The van der Waals surface area contributed by atoms with Crippen LogP contribution in [0.25, 0.3) is 0 Å². The van der Waals surface area contributed by atoms with E-state index in [1.54, 1.807) is 6.92 Å². The lowest BCUT2D eigenvalue weighted by atomic mass is 10.0. The summed E-state index contributed by atoms with van der Waals surface area (Å²) in [6.45, 7) is 2.20. The van der Waals surface area contributed by atoms with Crippen molar-refractivity contribution in [3.8, 4) is 0 Å². The van der Waals surface area contributed by atoms with Gasteiger partial charge in [-0.05, 0) is 31.7 Å². The summed E-state index contributed by atoms with van der Waals surface area (Å²) in [4.78, 5) is 11.4. The molecule has 3 nitrogen and oxygen atoms in total. The molecule has 0 aliphatic carbocycles. The van der Waals surface area contributed by atoms with Gasteiger partial charge in [-0.1, -0.05) is 23.7 Å². The van der Waals surface area contributed by atoms with E-state index in [0.717, 1.165) is 5.56 Å². The van der Waals surface area contributed by atoms with E-state index in [4.69, 9.17) is 16.3 Å². The van der Waals surface area contributed by atoms with Crippen LogP contribution in [0.2, 0.25) is 5.02 Å². The third-order valence-corrected chi connectivity index (χ3v) is 2.51. The first-order valence-corrected chi connectivity index (χ1v) is 5.63. The SMILES string of the molecule is CCOC(=O)C[C@H](NC)c1cccc(Cl)c1. The first-order valence-electron chi connectivity index (χ1n) is 5.25. The van der Waals surface area contributed by atoms with Gasteiger partial charge >= 0.3 is 5.97 Å². The number of ether oxygens (including phenoxy) is 1. The quantitative estimate of drug-likeness (QED) is 0.806. The monoisotopic (exact) mass is 241 g/mol. The molecule has 0 aliphatic heterocycles. The maximum absolute atomic E-state index is 11.4. The summed E-state index contributed by atoms with van der Waals surface area (Å²) in [7, 11) is 1.81. The van der Waals surface area contributed by atoms with E-state index in [-0.39, 0.29) is 12.0 Å². The molecule has 0 aromatic heterocycles. The van der Waals surface area contributed by atoms with E-state index in [1.165, 1.54) is 0 Å². The van der Waals surface area contributed by atoms with Crippen molar-refractivity contribution in [1.29, 1.82) is 0 Å². The molecule has 0 saturated carbocycles. The molecule has 88 valence electrons. The Kier molecular flexibility index (Phi) is 5.29. The fourth-order valence-corrected chi connectivity index (χ4v) is 1.70. The van der Waals surface area contributed by atoms with Gasteiger partial charge in [0.15, 0.2) is 0 Å². The minimum Gasteiger partial charge on any atom is -0.466 e. The number of nitrogens with one attached hydrogen (secondary N) is 1. The highest BCUT2D eigenvalue weighted by Crippen LogP contribution is 2.20. The van der Waals surface area contributed by atoms with Gasteiger partial charge in [-0.3, -0.25) is 4.79 Å². The van der Waals surface area contributed by atoms with Crippen LogP contribution in [-0.2, 0) is 9.53 Å². The molecule has 1 atom stereocenters. The molecule has 1 aromatic carbocycles. The molecule has 0 aliphatic rings. The zero-order valence-corrected chi connectivity index (χ0v) is 10.3. The van der Waals surface area contributed by atoms with Crippen molar-refractivity contribution in [2.75, 3.05) is 13.7 Å². The summed E-state index contributed by atoms with van der Waals surface area (Å²) in [6.07, 6.45) is 0.310. The Hall–Kier alpha value is -1.06. The molecular weight excluding hydrogens is 226 g/mol. The molecule has 4 heteroatoms. The van der Waals surface area contributed by atoms with Crippen LogP contribution in [0.15, 0.2) is 24.3 Å². The summed E-state index contributed by atoms with van der Waals surface area (Å²) in [5.41, 5.74) is 0.989. The Balaban J connectivity index is 2.70. The number of hydrogen-bond acceptors (Lipinski definition) is 3. The van der Waals surface area contributed by atoms with E-state index in [2.05, 4.69) is 5.32 Å². The average molecular weight is 242 g/mol. The highest BCUT2D eigenvalue weighted by Gasteiger charge is 2.14. The first kappa shape index (κ1) is 13.0. The van der Waals surface area contributed by atoms with Gasteiger partial charge < -0.3 is 10.1 Å². The van der Waals surface area contributed by atoms with Crippen LogP contribution < -0.4 is 5.32 Å². The number of rotatable bonds is 5. The summed E-state index contributed by atoms with van der Waals surface area (Å²) in [5, 5.41) is 3.74. The Bertz CT molecular complexity index is 355. The van der Waals surface area contributed by atoms with E-state index in [1.807, 2.05) is 31.3 Å². The maximum Gasteiger partial charge on any atom is 0.307 e. The molecule has 1 rings (SSSR count). The van der Waals surface area contributed by atoms with Crippen LogP contribution in [0.3, 0.4) is 0 Å². The highest BCUT2D eigenvalue weighted by molar-refractivity contribution is 6.30. The topological polar surface area (TPSA) is 38.3 Å². The second-order valence-corrected chi connectivity index (χ2v) is 3.84. The predicted molar refractivity (Wildman–Crippen MR) is 64.5 cm³/mol. The van der Waals surface area contributed by atoms with Gasteiger partial charge in [0, 0.05) is 11.1 Å². The second-order valence-electron chi connectivity index (χ2n) is 3.41. The number of carbonyl (C=O) groups excluding carboxylic acids is 1. The van der Waals surface area contributed by atoms with E-state index in [0.29, 0.717) is 18.1 Å². The molecule has 0 saturated heterocycles. The minimum atomic E-state index is -0.207. The Morgan fingerprint density at radius 3 is 2.88 bits per heavy atom. The number of hydrogen-bond donors (Lipinski definition) is 1. The zero-order chi connectivity index (χ0) is 12.0. The minimum absolute atomic E-state index is 0.0576. The second kappa shape index (κ2) is 6.51.